The molecule has 0 aliphatic rings. The summed E-state index contributed by atoms with van der Waals surface area (Å²) in [5.74, 6) is -3.64. The highest BCUT2D eigenvalue weighted by molar-refractivity contribution is 6.11. The van der Waals surface area contributed by atoms with Crippen molar-refractivity contribution in [3.8, 4) is 6.07 Å². The first-order chi connectivity index (χ1) is 11.3. The number of nitrogens with zero attached hydrogens (tertiary/aromatic N) is 1. The third kappa shape index (κ3) is 4.80. The zero-order valence-corrected chi connectivity index (χ0v) is 13.2. The van der Waals surface area contributed by atoms with Crippen molar-refractivity contribution in [3.63, 3.8) is 0 Å². The van der Waals surface area contributed by atoms with Gasteiger partial charge in [0.05, 0.1) is 17.3 Å². The smallest absolute Gasteiger partial charge is 0.371 e. The first kappa shape index (κ1) is 19.6. The van der Waals surface area contributed by atoms with E-state index < -0.39 is 41.1 Å². The van der Waals surface area contributed by atoms with Crippen LogP contribution in [0.25, 0.3) is 0 Å². The number of alkyl halides is 3. The number of carbonyl (C=O) groups excluding carboxylic acids is 2. The zero-order chi connectivity index (χ0) is 18.3. The van der Waals surface area contributed by atoms with E-state index in [-0.39, 0.29) is 13.0 Å². The van der Waals surface area contributed by atoms with Crippen LogP contribution >= 0.6 is 0 Å². The summed E-state index contributed by atoms with van der Waals surface area (Å²) in [5.41, 5.74) is -1.56. The minimum absolute atomic E-state index is 0.209. The fourth-order valence-electron chi connectivity index (χ4n) is 2.08. The van der Waals surface area contributed by atoms with E-state index in [0.29, 0.717) is 0 Å². The van der Waals surface area contributed by atoms with Crippen molar-refractivity contribution in [2.45, 2.75) is 32.5 Å². The van der Waals surface area contributed by atoms with Crippen LogP contribution in [0.15, 0.2) is 24.3 Å². The second-order valence-corrected chi connectivity index (χ2v) is 4.85. The number of nitriles is 1. The average molecular weight is 342 g/mol. The Balaban J connectivity index is 3.02. The van der Waals surface area contributed by atoms with E-state index in [9.17, 15) is 22.8 Å². The molecule has 0 aromatic heterocycles. The molecule has 1 aromatic rings. The molecule has 0 saturated carbocycles. The number of benzene rings is 1. The Hall–Kier alpha value is -2.40. The normalized spacial score (nSPS) is 13.7. The fraction of sp³-hybridized carbons (Fsp3) is 0.438. The standard InChI is InChI=1S/C16H17F3N2O3/c1-3-13(24-4-2)14(22)10(9-20)15(23)21-12-8-6-5-7-11(12)16(17,18)19/h5-8,10,13H,3-4H2,1-2H3,(H,21,23)/t10-,13-/m0/s1. The Morgan fingerprint density at radius 2 is 1.92 bits per heavy atom. The van der Waals surface area contributed by atoms with Crippen LogP contribution < -0.4 is 5.32 Å². The van der Waals surface area contributed by atoms with E-state index >= 15 is 0 Å². The Morgan fingerprint density at radius 1 is 1.29 bits per heavy atom. The van der Waals surface area contributed by atoms with Crippen LogP contribution in [0.2, 0.25) is 0 Å². The van der Waals surface area contributed by atoms with Gasteiger partial charge in [-0.25, -0.2) is 0 Å². The van der Waals surface area contributed by atoms with Gasteiger partial charge >= 0.3 is 6.18 Å². The lowest BCUT2D eigenvalue weighted by atomic mass is 9.98. The monoisotopic (exact) mass is 342 g/mol. The maximum absolute atomic E-state index is 12.9. The second-order valence-electron chi connectivity index (χ2n) is 4.85. The molecule has 8 heteroatoms. The van der Waals surface area contributed by atoms with Gasteiger partial charge in [0.2, 0.25) is 5.91 Å². The summed E-state index contributed by atoms with van der Waals surface area (Å²) in [6.45, 7) is 3.50. The number of halogens is 3. The molecule has 1 N–H and O–H groups in total. The molecule has 0 unspecified atom stereocenters. The third-order valence-corrected chi connectivity index (χ3v) is 3.22. The Kier molecular flexibility index (Phi) is 6.92. The molecule has 0 radical (unpaired) electrons. The number of carbonyl (C=O) groups is 2. The maximum atomic E-state index is 12.9. The van der Waals surface area contributed by atoms with Crippen LogP contribution in [0.3, 0.4) is 0 Å². The van der Waals surface area contributed by atoms with Crippen molar-refractivity contribution in [3.05, 3.63) is 29.8 Å². The molecule has 0 fully saturated rings. The first-order valence-corrected chi connectivity index (χ1v) is 7.28. The maximum Gasteiger partial charge on any atom is 0.418 e. The molecule has 0 bridgehead atoms. The molecule has 1 aromatic carbocycles. The SMILES string of the molecule is CCO[C@@H](CC)C(=O)[C@H](C#N)C(=O)Nc1ccccc1C(F)(F)F. The van der Waals surface area contributed by atoms with E-state index in [4.69, 9.17) is 10.00 Å². The molecule has 24 heavy (non-hydrogen) atoms. The number of hydrogen-bond donors (Lipinski definition) is 1. The number of ether oxygens (including phenoxy) is 1. The molecule has 0 spiro atoms. The van der Waals surface area contributed by atoms with Crippen molar-refractivity contribution < 1.29 is 27.5 Å². The molecule has 130 valence electrons. The molecule has 1 amide bonds. The number of Topliss-reactive ketones (excluding diaryl/α,β-unsaturated/α-hetero) is 1. The van der Waals surface area contributed by atoms with Crippen LogP contribution in [-0.2, 0) is 20.5 Å². The average Bonchev–Trinajstić information content (AvgIpc) is 2.52. The predicted molar refractivity (Wildman–Crippen MR) is 79.9 cm³/mol. The second kappa shape index (κ2) is 8.45. The molecular formula is C16H17F3N2O3. The highest BCUT2D eigenvalue weighted by Crippen LogP contribution is 2.34. The molecule has 0 aliphatic carbocycles. The number of rotatable bonds is 7. The van der Waals surface area contributed by atoms with E-state index in [1.165, 1.54) is 18.2 Å². The lowest BCUT2D eigenvalue weighted by Gasteiger charge is -2.18. The van der Waals surface area contributed by atoms with Crippen molar-refractivity contribution in [2.24, 2.45) is 5.92 Å². The van der Waals surface area contributed by atoms with Crippen LogP contribution in [0, 0.1) is 17.2 Å². The highest BCUT2D eigenvalue weighted by Gasteiger charge is 2.36. The molecule has 2 atom stereocenters. The minimum atomic E-state index is -4.67. The van der Waals surface area contributed by atoms with Gasteiger partial charge in [-0.05, 0) is 25.5 Å². The summed E-state index contributed by atoms with van der Waals surface area (Å²) in [5, 5.41) is 11.1. The fourth-order valence-corrected chi connectivity index (χ4v) is 2.08. The molecule has 5 nitrogen and oxygen atoms in total. The predicted octanol–water partition coefficient (Wildman–Crippen LogP) is 3.17. The minimum Gasteiger partial charge on any atom is -0.371 e. The van der Waals surface area contributed by atoms with E-state index in [1.807, 2.05) is 5.32 Å². The molecule has 0 aliphatic heterocycles. The summed E-state index contributed by atoms with van der Waals surface area (Å²) < 4.78 is 43.9. The third-order valence-electron chi connectivity index (χ3n) is 3.22. The van der Waals surface area contributed by atoms with Crippen molar-refractivity contribution in [2.75, 3.05) is 11.9 Å². The van der Waals surface area contributed by atoms with Gasteiger partial charge in [0.25, 0.3) is 0 Å². The molecular weight excluding hydrogens is 325 g/mol. The number of para-hydroxylation sites is 1. The van der Waals surface area contributed by atoms with E-state index in [2.05, 4.69) is 0 Å². The summed E-state index contributed by atoms with van der Waals surface area (Å²) in [4.78, 5) is 24.3. The number of ketones is 1. The lowest BCUT2D eigenvalue weighted by molar-refractivity contribution is -0.137. The number of hydrogen-bond acceptors (Lipinski definition) is 4. The highest BCUT2D eigenvalue weighted by atomic mass is 19.4. The van der Waals surface area contributed by atoms with Gasteiger partial charge in [-0.3, -0.25) is 9.59 Å². The van der Waals surface area contributed by atoms with E-state index in [0.717, 1.165) is 12.1 Å². The van der Waals surface area contributed by atoms with Crippen LogP contribution in [0.4, 0.5) is 18.9 Å². The van der Waals surface area contributed by atoms with Crippen molar-refractivity contribution in [1.82, 2.24) is 0 Å². The zero-order valence-electron chi connectivity index (χ0n) is 13.2. The van der Waals surface area contributed by atoms with Crippen LogP contribution in [-0.4, -0.2) is 24.4 Å². The Bertz CT molecular complexity index is 638. The van der Waals surface area contributed by atoms with Gasteiger partial charge < -0.3 is 10.1 Å². The topological polar surface area (TPSA) is 79.2 Å². The first-order valence-electron chi connectivity index (χ1n) is 7.28. The van der Waals surface area contributed by atoms with Crippen molar-refractivity contribution in [1.29, 1.82) is 5.26 Å². The van der Waals surface area contributed by atoms with Gasteiger partial charge in [-0.15, -0.1) is 0 Å². The van der Waals surface area contributed by atoms with Gasteiger partial charge in [0.15, 0.2) is 11.7 Å². The largest absolute Gasteiger partial charge is 0.418 e. The number of amides is 1. The number of anilines is 1. The van der Waals surface area contributed by atoms with Gasteiger partial charge in [0.1, 0.15) is 6.10 Å². The molecule has 0 saturated heterocycles. The Labute approximate surface area is 137 Å². The van der Waals surface area contributed by atoms with E-state index in [1.54, 1.807) is 13.8 Å². The Morgan fingerprint density at radius 3 is 2.42 bits per heavy atom. The lowest BCUT2D eigenvalue weighted by Crippen LogP contribution is -2.37. The quantitative estimate of drug-likeness (QED) is 0.772. The summed E-state index contributed by atoms with van der Waals surface area (Å²) >= 11 is 0. The summed E-state index contributed by atoms with van der Waals surface area (Å²) in [7, 11) is 0. The van der Waals surface area contributed by atoms with Crippen molar-refractivity contribution >= 4 is 17.4 Å². The van der Waals surface area contributed by atoms with Gasteiger partial charge in [0, 0.05) is 6.61 Å². The molecule has 1 rings (SSSR count). The van der Waals surface area contributed by atoms with Crippen LogP contribution in [0.5, 0.6) is 0 Å². The number of nitrogens with one attached hydrogen (secondary N) is 1. The van der Waals surface area contributed by atoms with Gasteiger partial charge in [-0.2, -0.15) is 18.4 Å². The molecule has 0 heterocycles. The van der Waals surface area contributed by atoms with Crippen LogP contribution in [0.1, 0.15) is 25.8 Å². The summed E-state index contributed by atoms with van der Waals surface area (Å²) in [6, 6.07) is 5.87. The summed E-state index contributed by atoms with van der Waals surface area (Å²) in [6.07, 6.45) is -5.38. The van der Waals surface area contributed by atoms with Gasteiger partial charge in [-0.1, -0.05) is 19.1 Å².